The summed E-state index contributed by atoms with van der Waals surface area (Å²) < 4.78 is 5.57. The molecule has 2 N–H and O–H groups in total. The Morgan fingerprint density at radius 2 is 1.85 bits per heavy atom. The Kier molecular flexibility index (Phi) is 10.7. The Bertz CT molecular complexity index is 416. The Morgan fingerprint density at radius 1 is 1.23 bits per heavy atom. The molecule has 0 aliphatic carbocycles. The fourth-order valence-electron chi connectivity index (χ4n) is 3.80. The van der Waals surface area contributed by atoms with Crippen molar-refractivity contribution in [2.45, 2.75) is 64.1 Å². The van der Waals surface area contributed by atoms with Crippen LogP contribution in [-0.4, -0.2) is 86.9 Å². The van der Waals surface area contributed by atoms with Crippen LogP contribution in [-0.2, 0) is 4.74 Å². The number of likely N-dealkylation sites (N-methyl/N-ethyl adjacent to an activating group) is 1. The van der Waals surface area contributed by atoms with Gasteiger partial charge in [-0.25, -0.2) is 0 Å². The molecule has 0 radical (unpaired) electrons. The quantitative estimate of drug-likeness (QED) is 0.346. The van der Waals surface area contributed by atoms with E-state index in [1.807, 2.05) is 0 Å². The molecule has 154 valence electrons. The van der Waals surface area contributed by atoms with Crippen LogP contribution in [0.3, 0.4) is 0 Å². The number of likely N-dealkylation sites (tertiary alicyclic amines) is 1. The molecule has 6 nitrogen and oxygen atoms in total. The van der Waals surface area contributed by atoms with Gasteiger partial charge in [0.1, 0.15) is 0 Å². The number of guanidine groups is 1. The van der Waals surface area contributed by atoms with Crippen LogP contribution in [0.15, 0.2) is 4.99 Å². The van der Waals surface area contributed by atoms with Crippen molar-refractivity contribution in [3.8, 4) is 0 Å². The maximum Gasteiger partial charge on any atom is 0.191 e. The van der Waals surface area contributed by atoms with E-state index < -0.39 is 0 Å². The largest absolute Gasteiger partial charge is 0.381 e. The molecule has 2 aliphatic rings. The Morgan fingerprint density at radius 3 is 2.35 bits per heavy atom. The minimum absolute atomic E-state index is 0. The van der Waals surface area contributed by atoms with Crippen molar-refractivity contribution < 1.29 is 4.74 Å². The molecule has 7 heteroatoms. The van der Waals surface area contributed by atoms with Crippen LogP contribution in [0.5, 0.6) is 0 Å². The number of nitrogens with one attached hydrogen (secondary N) is 2. The van der Waals surface area contributed by atoms with Crippen LogP contribution < -0.4 is 10.6 Å². The van der Waals surface area contributed by atoms with E-state index in [9.17, 15) is 0 Å². The topological polar surface area (TPSA) is 52.1 Å². The first-order valence-electron chi connectivity index (χ1n) is 10.0. The summed E-state index contributed by atoms with van der Waals surface area (Å²) >= 11 is 0. The summed E-state index contributed by atoms with van der Waals surface area (Å²) in [6, 6.07) is 1.18. The molecule has 0 aromatic rings. The second-order valence-electron chi connectivity index (χ2n) is 7.97. The number of piperidine rings is 1. The average molecular weight is 481 g/mol. The van der Waals surface area contributed by atoms with Gasteiger partial charge in [-0.05, 0) is 60.5 Å². The molecule has 26 heavy (non-hydrogen) atoms. The number of nitrogens with zero attached hydrogens (tertiary/aromatic N) is 3. The molecule has 0 bridgehead atoms. The predicted octanol–water partition coefficient (Wildman–Crippen LogP) is 2.14. The fourth-order valence-corrected chi connectivity index (χ4v) is 3.80. The van der Waals surface area contributed by atoms with Gasteiger partial charge < -0.3 is 25.2 Å². The van der Waals surface area contributed by atoms with Crippen molar-refractivity contribution in [3.63, 3.8) is 0 Å². The Labute approximate surface area is 177 Å². The molecule has 0 atom stereocenters. The second kappa shape index (κ2) is 11.7. The van der Waals surface area contributed by atoms with E-state index in [1.165, 1.54) is 25.9 Å². The molecule has 2 saturated heterocycles. The number of rotatable bonds is 6. The van der Waals surface area contributed by atoms with Gasteiger partial charge in [-0.1, -0.05) is 0 Å². The molecule has 2 aliphatic heterocycles. The maximum absolute atomic E-state index is 5.57. The number of hydrogen-bond acceptors (Lipinski definition) is 4. The predicted molar refractivity (Wildman–Crippen MR) is 121 cm³/mol. The second-order valence-corrected chi connectivity index (χ2v) is 7.97. The molecule has 0 aromatic heterocycles. The van der Waals surface area contributed by atoms with E-state index in [4.69, 9.17) is 9.73 Å². The smallest absolute Gasteiger partial charge is 0.191 e. The zero-order chi connectivity index (χ0) is 18.3. The summed E-state index contributed by atoms with van der Waals surface area (Å²) in [4.78, 5) is 9.86. The number of hydrogen-bond donors (Lipinski definition) is 2. The molecular formula is C19H40IN5O. The highest BCUT2D eigenvalue weighted by Crippen LogP contribution is 2.26. The lowest BCUT2D eigenvalue weighted by atomic mass is 9.89. The van der Waals surface area contributed by atoms with E-state index >= 15 is 0 Å². The summed E-state index contributed by atoms with van der Waals surface area (Å²) in [6.45, 7) is 12.5. The molecule has 0 amide bonds. The third-order valence-electron chi connectivity index (χ3n) is 5.85. The van der Waals surface area contributed by atoms with Crippen molar-refractivity contribution in [2.75, 3.05) is 53.5 Å². The van der Waals surface area contributed by atoms with Gasteiger partial charge >= 0.3 is 0 Å². The third kappa shape index (κ3) is 6.80. The van der Waals surface area contributed by atoms with Crippen LogP contribution in [0.1, 0.15) is 46.5 Å². The van der Waals surface area contributed by atoms with Crippen molar-refractivity contribution >= 4 is 29.9 Å². The normalized spacial score (nSPS) is 22.3. The van der Waals surface area contributed by atoms with E-state index in [1.54, 1.807) is 0 Å². The van der Waals surface area contributed by atoms with E-state index in [0.29, 0.717) is 12.1 Å². The Balaban J connectivity index is 0.00000338. The lowest BCUT2D eigenvalue weighted by Crippen LogP contribution is -2.53. The highest BCUT2D eigenvalue weighted by atomic mass is 127. The molecule has 2 heterocycles. The summed E-state index contributed by atoms with van der Waals surface area (Å²) in [5, 5.41) is 7.11. The first kappa shape index (κ1) is 23.9. The summed E-state index contributed by atoms with van der Waals surface area (Å²) in [7, 11) is 4.34. The molecule has 0 unspecified atom stereocenters. The van der Waals surface area contributed by atoms with E-state index in [-0.39, 0.29) is 29.5 Å². The number of aliphatic imine (C=N–C) groups is 1. The summed E-state index contributed by atoms with van der Waals surface area (Å²) in [5.74, 6) is 0.971. The van der Waals surface area contributed by atoms with Crippen LogP contribution in [0, 0.1) is 0 Å². The lowest BCUT2D eigenvalue weighted by molar-refractivity contribution is -0.00256. The number of ether oxygens (including phenoxy) is 1. The zero-order valence-corrected chi connectivity index (χ0v) is 19.7. The third-order valence-corrected chi connectivity index (χ3v) is 5.85. The van der Waals surface area contributed by atoms with Crippen LogP contribution >= 0.6 is 24.0 Å². The molecule has 2 rings (SSSR count). The van der Waals surface area contributed by atoms with Crippen LogP contribution in [0.4, 0.5) is 0 Å². The molecule has 0 spiro atoms. The average Bonchev–Trinajstić information content (AvgIpc) is 2.61. The fraction of sp³-hybridized carbons (Fsp3) is 0.947. The van der Waals surface area contributed by atoms with Crippen molar-refractivity contribution in [1.82, 2.24) is 20.4 Å². The van der Waals surface area contributed by atoms with Gasteiger partial charge in [0.25, 0.3) is 0 Å². The van der Waals surface area contributed by atoms with Crippen LogP contribution in [0.25, 0.3) is 0 Å². The first-order valence-corrected chi connectivity index (χ1v) is 10.0. The van der Waals surface area contributed by atoms with Gasteiger partial charge in [-0.2, -0.15) is 0 Å². The van der Waals surface area contributed by atoms with Gasteiger partial charge in [0.2, 0.25) is 0 Å². The minimum atomic E-state index is 0. The van der Waals surface area contributed by atoms with Crippen LogP contribution in [0.2, 0.25) is 0 Å². The molecule has 2 fully saturated rings. The lowest BCUT2D eigenvalue weighted by Gasteiger charge is -2.42. The van der Waals surface area contributed by atoms with Gasteiger partial charge in [0, 0.05) is 50.5 Å². The molecule has 0 aromatic carbocycles. The highest BCUT2D eigenvalue weighted by Gasteiger charge is 2.34. The summed E-state index contributed by atoms with van der Waals surface area (Å²) in [5.41, 5.74) is 0.127. The number of halogens is 1. The molecule has 0 saturated carbocycles. The molecular weight excluding hydrogens is 441 g/mol. The highest BCUT2D eigenvalue weighted by molar-refractivity contribution is 14.0. The van der Waals surface area contributed by atoms with E-state index in [2.05, 4.69) is 55.3 Å². The van der Waals surface area contributed by atoms with Gasteiger partial charge in [0.05, 0.1) is 6.54 Å². The zero-order valence-electron chi connectivity index (χ0n) is 17.4. The maximum atomic E-state index is 5.57. The first-order chi connectivity index (χ1) is 12.0. The van der Waals surface area contributed by atoms with E-state index in [0.717, 1.165) is 45.1 Å². The van der Waals surface area contributed by atoms with Crippen molar-refractivity contribution in [1.29, 1.82) is 0 Å². The summed E-state index contributed by atoms with van der Waals surface area (Å²) in [6.07, 6.45) is 4.48. The van der Waals surface area contributed by atoms with Gasteiger partial charge in [0.15, 0.2) is 5.96 Å². The van der Waals surface area contributed by atoms with Gasteiger partial charge in [-0.15, -0.1) is 24.0 Å². The van der Waals surface area contributed by atoms with Gasteiger partial charge in [-0.3, -0.25) is 4.99 Å². The van der Waals surface area contributed by atoms with Crippen molar-refractivity contribution in [3.05, 3.63) is 0 Å². The Hall–Kier alpha value is -0.120. The SMILES string of the molecule is CCNC(=NCC1(N(C)C)CCOCC1)NC1CCN(C(C)C)CC1.I. The monoisotopic (exact) mass is 481 g/mol. The minimum Gasteiger partial charge on any atom is -0.381 e. The van der Waals surface area contributed by atoms with Crippen molar-refractivity contribution in [2.24, 2.45) is 4.99 Å². The standard InChI is InChI=1S/C19H39N5O.HI/c1-6-20-18(22-17-7-11-24(12-8-17)16(2)3)21-15-19(23(4)5)9-13-25-14-10-19;/h16-17H,6-15H2,1-5H3,(H2,20,21,22);1H.